The van der Waals surface area contributed by atoms with E-state index in [-0.39, 0.29) is 17.0 Å². The van der Waals surface area contributed by atoms with Crippen molar-refractivity contribution in [3.05, 3.63) is 41.2 Å². The number of nitrogens with one attached hydrogen (secondary N) is 2. The molecule has 0 saturated carbocycles. The van der Waals surface area contributed by atoms with Gasteiger partial charge < -0.3 is 21.9 Å². The average molecular weight is 386 g/mol. The number of nitroso groups, excluding NO2 is 1. The quantitative estimate of drug-likeness (QED) is 0.358. The van der Waals surface area contributed by atoms with Crippen molar-refractivity contribution in [3.8, 4) is 0 Å². The van der Waals surface area contributed by atoms with Gasteiger partial charge in [-0.15, -0.1) is 5.43 Å². The van der Waals surface area contributed by atoms with E-state index in [4.69, 9.17) is 0 Å². The number of hydrogen-bond acceptors (Lipinski definition) is 2. The van der Waals surface area contributed by atoms with Gasteiger partial charge in [-0.3, -0.25) is 0 Å². The highest BCUT2D eigenvalue weighted by molar-refractivity contribution is 5.32. The third-order valence-corrected chi connectivity index (χ3v) is 3.98. The molecule has 1 heterocycles. The third kappa shape index (κ3) is 12.0. The minimum atomic E-state index is 0. The molecule has 0 radical (unpaired) electrons. The first kappa shape index (κ1) is 21.9. The Bertz CT molecular complexity index is 364. The normalized spacial score (nSPS) is 12.9. The minimum Gasteiger partial charge on any atom is -1.00 e. The molecule has 0 saturated heterocycles. The first-order chi connectivity index (χ1) is 10.9. The Kier molecular flexibility index (Phi) is 15.0. The third-order valence-electron chi connectivity index (χ3n) is 3.98. The van der Waals surface area contributed by atoms with Crippen LogP contribution in [-0.4, -0.2) is 11.4 Å². The fourth-order valence-corrected chi connectivity index (χ4v) is 2.61. The van der Waals surface area contributed by atoms with Crippen LogP contribution in [0.3, 0.4) is 0 Å². The van der Waals surface area contributed by atoms with Crippen molar-refractivity contribution in [1.82, 2.24) is 10.3 Å². The number of hydrazine groups is 1. The number of halogens is 1. The lowest BCUT2D eigenvalue weighted by Crippen LogP contribution is -3.00. The van der Waals surface area contributed by atoms with E-state index in [1.54, 1.807) is 11.5 Å². The molecule has 0 aliphatic carbocycles. The maximum atomic E-state index is 10.1. The number of unbranched alkanes of at least 4 members (excludes halogenated alkanes) is 9. The molecule has 4 nitrogen and oxygen atoms in total. The Morgan fingerprint density at radius 1 is 0.957 bits per heavy atom. The highest BCUT2D eigenvalue weighted by atomic mass is 79.9. The van der Waals surface area contributed by atoms with Gasteiger partial charge in [0.05, 0.1) is 6.20 Å². The van der Waals surface area contributed by atoms with E-state index < -0.39 is 0 Å². The molecule has 0 fully saturated rings. The second kappa shape index (κ2) is 15.8. The van der Waals surface area contributed by atoms with Gasteiger partial charge in [0.1, 0.15) is 5.29 Å². The van der Waals surface area contributed by atoms with E-state index >= 15 is 0 Å². The molecule has 0 amide bonds. The smallest absolute Gasteiger partial charge is 0.104 e. The first-order valence-electron chi connectivity index (χ1n) is 8.82. The predicted octanol–water partition coefficient (Wildman–Crippen LogP) is 0.490. The van der Waals surface area contributed by atoms with Gasteiger partial charge >= 0.3 is 0 Å². The van der Waals surface area contributed by atoms with Gasteiger partial charge in [0.15, 0.2) is 0 Å². The molecule has 5 heteroatoms. The van der Waals surface area contributed by atoms with Crippen molar-refractivity contribution >= 4 is 0 Å². The van der Waals surface area contributed by atoms with Crippen LogP contribution in [0.5, 0.6) is 0 Å². The molecule has 0 atom stereocenters. The van der Waals surface area contributed by atoms with Gasteiger partial charge in [-0.05, 0) is 24.1 Å². The molecule has 0 aromatic rings. The highest BCUT2D eigenvalue weighted by Crippen LogP contribution is 2.12. The monoisotopic (exact) mass is 385 g/mol. The summed E-state index contributed by atoms with van der Waals surface area (Å²) in [6.07, 6.45) is 23.5. The summed E-state index contributed by atoms with van der Waals surface area (Å²) in [6.45, 7) is 3.34. The van der Waals surface area contributed by atoms with Gasteiger partial charge in [-0.2, -0.15) is 0 Å². The summed E-state index contributed by atoms with van der Waals surface area (Å²) < 4.78 is 0. The molecule has 0 unspecified atom stereocenters. The number of allylic oxidation sites excluding steroid dienone is 3. The molecule has 0 aromatic heterocycles. The highest BCUT2D eigenvalue weighted by Gasteiger charge is 2.01. The van der Waals surface area contributed by atoms with Crippen LogP contribution in [0.2, 0.25) is 0 Å². The van der Waals surface area contributed by atoms with Gasteiger partial charge in [-0.25, -0.2) is 0 Å². The van der Waals surface area contributed by atoms with E-state index in [0.717, 1.165) is 12.1 Å². The molecule has 2 N–H and O–H groups in total. The molecular weight excluding hydrogens is 354 g/mol. The average Bonchev–Trinajstić information content (AvgIpc) is 2.56. The zero-order valence-corrected chi connectivity index (χ0v) is 16.0. The summed E-state index contributed by atoms with van der Waals surface area (Å²) in [6, 6.07) is 0. The molecule has 1 aliphatic rings. The summed E-state index contributed by atoms with van der Waals surface area (Å²) in [7, 11) is 0. The fraction of sp³-hybridized carbons (Fsp3) is 0.667. The number of hydrogen-bond donors (Lipinski definition) is 2. The fourth-order valence-electron chi connectivity index (χ4n) is 2.61. The maximum Gasteiger partial charge on any atom is 0.104 e. The van der Waals surface area contributed by atoms with Gasteiger partial charge in [0.2, 0.25) is 0 Å². The Hall–Kier alpha value is -1.10. The Morgan fingerprint density at radius 2 is 1.48 bits per heavy atom. The summed E-state index contributed by atoms with van der Waals surface area (Å²) in [5.74, 6) is 0. The maximum absolute atomic E-state index is 10.1. The molecule has 0 spiro atoms. The molecule has 0 bridgehead atoms. The van der Waals surface area contributed by atoms with E-state index in [0.29, 0.717) is 0 Å². The number of rotatable bonds is 13. The van der Waals surface area contributed by atoms with Crippen molar-refractivity contribution < 1.29 is 22.3 Å². The Labute approximate surface area is 151 Å². The van der Waals surface area contributed by atoms with Crippen LogP contribution in [0.15, 0.2) is 36.3 Å². The van der Waals surface area contributed by atoms with Crippen molar-refractivity contribution in [2.24, 2.45) is 0 Å². The van der Waals surface area contributed by atoms with Crippen LogP contribution < -0.4 is 27.7 Å². The lowest BCUT2D eigenvalue weighted by atomic mass is 10.1. The van der Waals surface area contributed by atoms with E-state index in [9.17, 15) is 4.91 Å². The van der Waals surface area contributed by atoms with Gasteiger partial charge in [0.25, 0.3) is 0 Å². The number of nitrogens with zero attached hydrogens (tertiary/aromatic N) is 1. The summed E-state index contributed by atoms with van der Waals surface area (Å²) in [4.78, 5) is 12.3. The predicted molar refractivity (Wildman–Crippen MR) is 92.4 cm³/mol. The molecular formula is C18H32BrN3O. The van der Waals surface area contributed by atoms with Crippen molar-refractivity contribution in [2.45, 2.75) is 71.1 Å². The van der Waals surface area contributed by atoms with Crippen LogP contribution >= 0.6 is 0 Å². The van der Waals surface area contributed by atoms with Gasteiger partial charge in [0, 0.05) is 23.9 Å². The van der Waals surface area contributed by atoms with Crippen LogP contribution in [0.25, 0.3) is 0 Å². The molecule has 23 heavy (non-hydrogen) atoms. The van der Waals surface area contributed by atoms with E-state index in [1.165, 1.54) is 64.2 Å². The largest absolute Gasteiger partial charge is 1.00 e. The van der Waals surface area contributed by atoms with Crippen LogP contribution in [-0.2, 0) is 0 Å². The second-order valence-electron chi connectivity index (χ2n) is 5.94. The molecule has 1 aliphatic heterocycles. The second-order valence-corrected chi connectivity index (χ2v) is 5.94. The standard InChI is InChI=1S/C18H31N3O.BrH/c1-2-3-4-5-6-7-8-9-10-11-14-21-15-12-18(13-16-21)17-19-20-22;/h12-13,15-17H,2-11,14H2,1H3,(H,19,22);1H. The van der Waals surface area contributed by atoms with Crippen LogP contribution in [0.1, 0.15) is 71.1 Å². The van der Waals surface area contributed by atoms with Crippen molar-refractivity contribution in [1.29, 1.82) is 0 Å². The van der Waals surface area contributed by atoms with Crippen LogP contribution in [0.4, 0.5) is 0 Å². The topological polar surface area (TPSA) is 46.3 Å². The Balaban J connectivity index is 0.00000484. The zero-order chi connectivity index (χ0) is 15.9. The summed E-state index contributed by atoms with van der Waals surface area (Å²) in [5.41, 5.74) is 3.42. The SMILES string of the molecule is CCCCCCCCCCCCN1C=CC(=CN[NH+]=O)C=C1.[Br-]. The lowest BCUT2D eigenvalue weighted by molar-refractivity contribution is -0.536. The van der Waals surface area contributed by atoms with E-state index in [1.807, 2.05) is 12.2 Å². The van der Waals surface area contributed by atoms with Crippen molar-refractivity contribution in [3.63, 3.8) is 0 Å². The summed E-state index contributed by atoms with van der Waals surface area (Å²) in [5, 5.41) is 1.64. The molecule has 1 rings (SSSR count). The molecule has 132 valence electrons. The minimum absolute atomic E-state index is 0. The lowest BCUT2D eigenvalue weighted by Gasteiger charge is -2.18. The molecule has 0 aromatic carbocycles. The van der Waals surface area contributed by atoms with Gasteiger partial charge in [-0.1, -0.05) is 64.7 Å². The van der Waals surface area contributed by atoms with E-state index in [2.05, 4.69) is 29.6 Å². The zero-order valence-electron chi connectivity index (χ0n) is 14.4. The van der Waals surface area contributed by atoms with Crippen LogP contribution in [0, 0.1) is 4.91 Å². The summed E-state index contributed by atoms with van der Waals surface area (Å²) >= 11 is 0. The first-order valence-corrected chi connectivity index (χ1v) is 8.82. The Morgan fingerprint density at radius 3 is 2.00 bits per heavy atom. The van der Waals surface area contributed by atoms with Crippen molar-refractivity contribution in [2.75, 3.05) is 6.54 Å².